The lowest BCUT2D eigenvalue weighted by Crippen LogP contribution is -1.83. The number of ether oxygens (including phenoxy) is 1. The van der Waals surface area contributed by atoms with E-state index in [1.807, 2.05) is 54.6 Å². The molecule has 0 aliphatic carbocycles. The van der Waals surface area contributed by atoms with Gasteiger partial charge in [-0.2, -0.15) is 0 Å². The lowest BCUT2D eigenvalue weighted by molar-refractivity contribution is 0.479. The molecule has 80 valence electrons. The molecule has 2 aromatic carbocycles. The van der Waals surface area contributed by atoms with E-state index in [4.69, 9.17) is 4.74 Å². The average molecular weight is 210 g/mol. The second kappa shape index (κ2) is 5.76. The van der Waals surface area contributed by atoms with Gasteiger partial charge in [0.2, 0.25) is 0 Å². The summed E-state index contributed by atoms with van der Waals surface area (Å²) in [5, 5.41) is 0. The van der Waals surface area contributed by atoms with Crippen LogP contribution in [0.3, 0.4) is 0 Å². The van der Waals surface area contributed by atoms with E-state index in [0.29, 0.717) is 0 Å². The summed E-state index contributed by atoms with van der Waals surface area (Å²) < 4.78 is 5.45. The zero-order valence-corrected chi connectivity index (χ0v) is 9.04. The van der Waals surface area contributed by atoms with Crippen LogP contribution in [0, 0.1) is 0 Å². The van der Waals surface area contributed by atoms with Crippen LogP contribution in [0.1, 0.15) is 5.56 Å². The Labute approximate surface area is 96.0 Å². The van der Waals surface area contributed by atoms with Crippen molar-refractivity contribution in [2.75, 3.05) is 0 Å². The number of benzene rings is 2. The number of allylic oxidation sites excluding steroid dienone is 1. The van der Waals surface area contributed by atoms with E-state index < -0.39 is 0 Å². The Morgan fingerprint density at radius 1 is 0.812 bits per heavy atom. The first kappa shape index (κ1) is 10.5. The predicted molar refractivity (Wildman–Crippen MR) is 66.4 cm³/mol. The number of hydrogen-bond acceptors (Lipinski definition) is 1. The highest BCUT2D eigenvalue weighted by molar-refractivity contribution is 5.22. The highest BCUT2D eigenvalue weighted by Crippen LogP contribution is 2.08. The van der Waals surface area contributed by atoms with E-state index in [2.05, 4.69) is 12.1 Å². The fourth-order valence-electron chi connectivity index (χ4n) is 1.42. The van der Waals surface area contributed by atoms with Crippen LogP contribution in [0.2, 0.25) is 0 Å². The Hall–Kier alpha value is -2.02. The van der Waals surface area contributed by atoms with Gasteiger partial charge in [-0.05, 0) is 30.2 Å². The van der Waals surface area contributed by atoms with Gasteiger partial charge in [-0.25, -0.2) is 0 Å². The van der Waals surface area contributed by atoms with Gasteiger partial charge in [0.05, 0.1) is 6.26 Å². The van der Waals surface area contributed by atoms with Crippen LogP contribution in [0.5, 0.6) is 5.75 Å². The molecular weight excluding hydrogens is 196 g/mol. The van der Waals surface area contributed by atoms with Gasteiger partial charge in [-0.15, -0.1) is 0 Å². The summed E-state index contributed by atoms with van der Waals surface area (Å²) in [5.41, 5.74) is 1.29. The normalized spacial score (nSPS) is 10.5. The SMILES string of the molecule is C(=C/Oc1ccccc1)/Cc1ccccc1. The molecule has 0 spiro atoms. The molecule has 2 rings (SSSR count). The van der Waals surface area contributed by atoms with E-state index in [1.165, 1.54) is 5.56 Å². The Bertz CT molecular complexity index is 388. The Morgan fingerprint density at radius 3 is 2.12 bits per heavy atom. The van der Waals surface area contributed by atoms with Crippen molar-refractivity contribution < 1.29 is 4.74 Å². The van der Waals surface area contributed by atoms with E-state index in [0.717, 1.165) is 12.2 Å². The summed E-state index contributed by atoms with van der Waals surface area (Å²) in [6, 6.07) is 20.1. The number of rotatable bonds is 4. The smallest absolute Gasteiger partial charge is 0.126 e. The molecule has 0 unspecified atom stereocenters. The van der Waals surface area contributed by atoms with Gasteiger partial charge in [0, 0.05) is 0 Å². The Kier molecular flexibility index (Phi) is 3.78. The molecule has 0 saturated carbocycles. The molecule has 0 radical (unpaired) electrons. The lowest BCUT2D eigenvalue weighted by atomic mass is 10.2. The third kappa shape index (κ3) is 3.28. The van der Waals surface area contributed by atoms with Crippen LogP contribution in [0.15, 0.2) is 73.0 Å². The van der Waals surface area contributed by atoms with Gasteiger partial charge in [0.1, 0.15) is 5.75 Å². The third-order valence-electron chi connectivity index (χ3n) is 2.24. The average Bonchev–Trinajstić information content (AvgIpc) is 2.37. The van der Waals surface area contributed by atoms with Gasteiger partial charge < -0.3 is 4.74 Å². The van der Waals surface area contributed by atoms with Crippen LogP contribution in [-0.2, 0) is 6.42 Å². The lowest BCUT2D eigenvalue weighted by Gasteiger charge is -1.98. The van der Waals surface area contributed by atoms with Gasteiger partial charge >= 0.3 is 0 Å². The number of hydrogen-bond donors (Lipinski definition) is 0. The molecule has 0 atom stereocenters. The summed E-state index contributed by atoms with van der Waals surface area (Å²) >= 11 is 0. The fraction of sp³-hybridized carbons (Fsp3) is 0.0667. The van der Waals surface area contributed by atoms with Crippen molar-refractivity contribution >= 4 is 0 Å². The van der Waals surface area contributed by atoms with Gasteiger partial charge in [-0.3, -0.25) is 0 Å². The second-order valence-electron chi connectivity index (χ2n) is 3.49. The molecule has 0 fully saturated rings. The summed E-state index contributed by atoms with van der Waals surface area (Å²) in [6.45, 7) is 0. The quantitative estimate of drug-likeness (QED) is 0.697. The molecule has 0 heterocycles. The molecule has 1 heteroatoms. The second-order valence-corrected chi connectivity index (χ2v) is 3.49. The van der Waals surface area contributed by atoms with Crippen molar-refractivity contribution in [1.29, 1.82) is 0 Å². The summed E-state index contributed by atoms with van der Waals surface area (Å²) in [6.07, 6.45) is 4.65. The van der Waals surface area contributed by atoms with Crippen LogP contribution < -0.4 is 4.74 Å². The van der Waals surface area contributed by atoms with Crippen molar-refractivity contribution in [1.82, 2.24) is 0 Å². The van der Waals surface area contributed by atoms with E-state index >= 15 is 0 Å². The molecule has 1 nitrogen and oxygen atoms in total. The molecule has 0 aliphatic rings. The minimum atomic E-state index is 0.867. The largest absolute Gasteiger partial charge is 0.465 e. The number of para-hydroxylation sites is 1. The first-order valence-corrected chi connectivity index (χ1v) is 5.36. The minimum absolute atomic E-state index is 0.867. The van der Waals surface area contributed by atoms with Crippen molar-refractivity contribution in [3.05, 3.63) is 78.6 Å². The molecule has 0 N–H and O–H groups in total. The highest BCUT2D eigenvalue weighted by atomic mass is 16.5. The molecule has 0 amide bonds. The van der Waals surface area contributed by atoms with Crippen molar-refractivity contribution in [3.63, 3.8) is 0 Å². The van der Waals surface area contributed by atoms with Crippen LogP contribution in [0.4, 0.5) is 0 Å². The first-order valence-electron chi connectivity index (χ1n) is 5.36. The van der Waals surface area contributed by atoms with E-state index in [1.54, 1.807) is 6.26 Å². The van der Waals surface area contributed by atoms with Crippen LogP contribution in [-0.4, -0.2) is 0 Å². The molecule has 16 heavy (non-hydrogen) atoms. The summed E-state index contributed by atoms with van der Waals surface area (Å²) in [4.78, 5) is 0. The topological polar surface area (TPSA) is 9.23 Å². The first-order chi connectivity index (χ1) is 7.95. The maximum atomic E-state index is 5.45. The van der Waals surface area contributed by atoms with Gasteiger partial charge in [0.25, 0.3) is 0 Å². The molecule has 0 aliphatic heterocycles. The zero-order chi connectivity index (χ0) is 11.1. The van der Waals surface area contributed by atoms with Crippen LogP contribution >= 0.6 is 0 Å². The van der Waals surface area contributed by atoms with E-state index in [-0.39, 0.29) is 0 Å². The van der Waals surface area contributed by atoms with Gasteiger partial charge in [-0.1, -0.05) is 48.5 Å². The van der Waals surface area contributed by atoms with Crippen molar-refractivity contribution in [2.24, 2.45) is 0 Å². The minimum Gasteiger partial charge on any atom is -0.465 e. The van der Waals surface area contributed by atoms with Crippen molar-refractivity contribution in [3.8, 4) is 5.75 Å². The molecule has 0 aromatic heterocycles. The standard InChI is InChI=1S/C15H14O/c1-3-8-14(9-4-1)10-7-13-16-15-11-5-2-6-12-15/h1-9,11-13H,10H2/b13-7-. The molecule has 2 aromatic rings. The van der Waals surface area contributed by atoms with E-state index in [9.17, 15) is 0 Å². The van der Waals surface area contributed by atoms with Crippen LogP contribution in [0.25, 0.3) is 0 Å². The monoisotopic (exact) mass is 210 g/mol. The third-order valence-corrected chi connectivity index (χ3v) is 2.24. The highest BCUT2D eigenvalue weighted by Gasteiger charge is 1.87. The maximum absolute atomic E-state index is 5.45. The van der Waals surface area contributed by atoms with Crippen molar-refractivity contribution in [2.45, 2.75) is 6.42 Å². The summed E-state index contributed by atoms with van der Waals surface area (Å²) in [7, 11) is 0. The van der Waals surface area contributed by atoms with Gasteiger partial charge in [0.15, 0.2) is 0 Å². The summed E-state index contributed by atoms with van der Waals surface area (Å²) in [5.74, 6) is 0.867. The molecule has 0 bridgehead atoms. The Balaban J connectivity index is 1.83. The zero-order valence-electron chi connectivity index (χ0n) is 9.04. The molecule has 0 saturated heterocycles. The molecular formula is C15H14O. The maximum Gasteiger partial charge on any atom is 0.126 e. The Morgan fingerprint density at radius 2 is 1.44 bits per heavy atom. The predicted octanol–water partition coefficient (Wildman–Crippen LogP) is 3.82. The fourth-order valence-corrected chi connectivity index (χ4v) is 1.42.